The van der Waals surface area contributed by atoms with Crippen LogP contribution in [0.25, 0.3) is 0 Å². The van der Waals surface area contributed by atoms with Crippen LogP contribution >= 0.6 is 0 Å². The fourth-order valence-corrected chi connectivity index (χ4v) is 8.26. The monoisotopic (exact) mass is 584 g/mol. The molecule has 42 heavy (non-hydrogen) atoms. The Kier molecular flexibility index (Phi) is 10.2. The Balaban J connectivity index is 1.14. The molecule has 0 spiro atoms. The van der Waals surface area contributed by atoms with Crippen molar-refractivity contribution < 1.29 is 28.6 Å². The number of rotatable bonds is 12. The molecule has 0 radical (unpaired) electrons. The average molecular weight is 585 g/mol. The van der Waals surface area contributed by atoms with Crippen LogP contribution in [-0.2, 0) is 19.0 Å². The predicted molar refractivity (Wildman–Crippen MR) is 161 cm³/mol. The summed E-state index contributed by atoms with van der Waals surface area (Å²) in [6.45, 7) is 12.4. The number of hydrogen-bond acceptors (Lipinski definition) is 6. The van der Waals surface area contributed by atoms with E-state index in [9.17, 15) is 14.4 Å². The second kappa shape index (κ2) is 13.3. The van der Waals surface area contributed by atoms with Crippen LogP contribution in [-0.4, -0.2) is 50.6 Å². The van der Waals surface area contributed by atoms with Gasteiger partial charge in [-0.15, -0.1) is 11.8 Å². The van der Waals surface area contributed by atoms with Crippen molar-refractivity contribution in [2.75, 3.05) is 26.4 Å². The summed E-state index contributed by atoms with van der Waals surface area (Å²) in [6, 6.07) is -0.792. The summed E-state index contributed by atoms with van der Waals surface area (Å²) in [6.07, 6.45) is 13.4. The number of fused-ring (bicyclic) bond motifs is 2. The summed E-state index contributed by atoms with van der Waals surface area (Å²) in [5.74, 6) is 6.67. The van der Waals surface area contributed by atoms with E-state index < -0.39 is 24.2 Å². The molecule has 2 fully saturated rings. The Labute approximate surface area is 252 Å². The minimum Gasteiger partial charge on any atom is -0.464 e. The van der Waals surface area contributed by atoms with Crippen LogP contribution in [0.4, 0.5) is 9.59 Å². The maximum absolute atomic E-state index is 12.7. The first-order chi connectivity index (χ1) is 20.0. The van der Waals surface area contributed by atoms with Gasteiger partial charge in [0.1, 0.15) is 6.04 Å². The van der Waals surface area contributed by atoms with Crippen LogP contribution in [0.15, 0.2) is 12.2 Å². The number of alkyl carbamates (subject to hydrolysis) is 2. The first kappa shape index (κ1) is 32.2. The van der Waals surface area contributed by atoms with E-state index in [1.165, 1.54) is 0 Å². The van der Waals surface area contributed by atoms with Crippen LogP contribution in [0.3, 0.4) is 0 Å². The van der Waals surface area contributed by atoms with Crippen LogP contribution in [0.2, 0.25) is 0 Å². The molecule has 8 heteroatoms. The third-order valence-electron chi connectivity index (χ3n) is 11.8. The van der Waals surface area contributed by atoms with Crippen LogP contribution < -0.4 is 10.6 Å². The molecule has 4 rings (SSSR count). The number of ether oxygens (including phenoxy) is 3. The molecule has 0 bridgehead atoms. The van der Waals surface area contributed by atoms with Crippen molar-refractivity contribution in [3.05, 3.63) is 12.2 Å². The van der Waals surface area contributed by atoms with Crippen LogP contribution in [0.5, 0.6) is 0 Å². The van der Waals surface area contributed by atoms with Gasteiger partial charge in [-0.1, -0.05) is 39.8 Å². The molecular weight excluding hydrogens is 532 g/mol. The van der Waals surface area contributed by atoms with Gasteiger partial charge in [0, 0.05) is 31.2 Å². The lowest BCUT2D eigenvalue weighted by molar-refractivity contribution is -0.145. The highest BCUT2D eigenvalue weighted by Gasteiger charge is 2.70. The zero-order valence-electron chi connectivity index (χ0n) is 26.4. The highest BCUT2D eigenvalue weighted by molar-refractivity contribution is 5.81. The molecular formula is C34H52N2O6. The smallest absolute Gasteiger partial charge is 0.407 e. The highest BCUT2D eigenvalue weighted by Crippen LogP contribution is 2.74. The second-order valence-electron chi connectivity index (χ2n) is 13.7. The van der Waals surface area contributed by atoms with E-state index in [1.807, 2.05) is 0 Å². The average Bonchev–Trinajstić information content (AvgIpc) is 3.59. The standard InChI is InChI=1S/C34H52N2O6/c1-6-40-28(37)25(36-30(39)42-24-27-33(4)20-14-9-10-15-21-34(27,33)5)17-11-16-22-35-29(38)41-23-26-31(2)18-12-7-8-13-19-32(26,31)3/h7-8,25-27H,6,11-24H2,1-5H3,(H,35,38)(H,36,39)/b8-7-/t25-,26-,27-,31+,32-,33+,34-/m1/s1. The molecule has 4 aliphatic rings. The number of carbonyl (C=O) groups excluding carboxylic acids is 3. The van der Waals surface area contributed by atoms with Gasteiger partial charge in [-0.2, -0.15) is 0 Å². The quantitative estimate of drug-likeness (QED) is 0.0889. The molecule has 7 atom stereocenters. The third-order valence-corrected chi connectivity index (χ3v) is 11.8. The fraction of sp³-hybridized carbons (Fsp3) is 0.794. The molecule has 2 saturated carbocycles. The number of amides is 2. The number of hydrogen-bond donors (Lipinski definition) is 2. The number of carbonyl (C=O) groups is 3. The summed E-state index contributed by atoms with van der Waals surface area (Å²) in [4.78, 5) is 37.6. The summed E-state index contributed by atoms with van der Waals surface area (Å²) in [5, 5.41) is 5.55. The summed E-state index contributed by atoms with van der Waals surface area (Å²) in [5.41, 5.74) is 0.712. The number of esters is 1. The Bertz CT molecular complexity index is 1050. The van der Waals surface area contributed by atoms with Crippen molar-refractivity contribution in [2.45, 2.75) is 111 Å². The van der Waals surface area contributed by atoms with Crippen molar-refractivity contribution >= 4 is 18.2 Å². The summed E-state index contributed by atoms with van der Waals surface area (Å²) in [7, 11) is 0. The van der Waals surface area contributed by atoms with Gasteiger partial charge in [-0.05, 0) is 86.4 Å². The van der Waals surface area contributed by atoms with Gasteiger partial charge in [0.05, 0.1) is 19.8 Å². The van der Waals surface area contributed by atoms with E-state index in [0.717, 1.165) is 51.4 Å². The van der Waals surface area contributed by atoms with Crippen LogP contribution in [0.1, 0.15) is 105 Å². The van der Waals surface area contributed by atoms with Crippen molar-refractivity contribution in [1.29, 1.82) is 0 Å². The minimum absolute atomic E-state index is 0.125. The first-order valence-electron chi connectivity index (χ1n) is 16.1. The van der Waals surface area contributed by atoms with Crippen LogP contribution in [0, 0.1) is 45.3 Å². The molecule has 0 aliphatic heterocycles. The molecule has 0 heterocycles. The van der Waals surface area contributed by atoms with Gasteiger partial charge >= 0.3 is 18.2 Å². The van der Waals surface area contributed by atoms with Crippen molar-refractivity contribution in [1.82, 2.24) is 10.6 Å². The van der Waals surface area contributed by atoms with Crippen molar-refractivity contribution in [3.8, 4) is 11.8 Å². The van der Waals surface area contributed by atoms with Gasteiger partial charge in [0.2, 0.25) is 0 Å². The maximum Gasteiger partial charge on any atom is 0.407 e. The Morgan fingerprint density at radius 1 is 0.786 bits per heavy atom. The van der Waals surface area contributed by atoms with Gasteiger partial charge < -0.3 is 24.8 Å². The van der Waals surface area contributed by atoms with Gasteiger partial charge in [-0.3, -0.25) is 0 Å². The second-order valence-corrected chi connectivity index (χ2v) is 13.7. The number of nitrogens with one attached hydrogen (secondary N) is 2. The van der Waals surface area contributed by atoms with E-state index in [0.29, 0.717) is 44.9 Å². The Morgan fingerprint density at radius 3 is 1.86 bits per heavy atom. The zero-order chi connectivity index (χ0) is 30.4. The lowest BCUT2D eigenvalue weighted by Gasteiger charge is -2.18. The molecule has 234 valence electrons. The van der Waals surface area contributed by atoms with Crippen molar-refractivity contribution in [3.63, 3.8) is 0 Å². The normalized spacial score (nSPS) is 35.9. The lowest BCUT2D eigenvalue weighted by Crippen LogP contribution is -2.42. The number of unbranched alkanes of at least 4 members (excludes halogenated alkanes) is 1. The molecule has 0 saturated heterocycles. The minimum atomic E-state index is -0.792. The first-order valence-corrected chi connectivity index (χ1v) is 16.1. The summed E-state index contributed by atoms with van der Waals surface area (Å²) >= 11 is 0. The molecule has 0 aromatic rings. The molecule has 8 nitrogen and oxygen atoms in total. The molecule has 0 aromatic heterocycles. The molecule has 2 N–H and O–H groups in total. The van der Waals surface area contributed by atoms with E-state index in [4.69, 9.17) is 14.2 Å². The van der Waals surface area contributed by atoms with Gasteiger partial charge in [0.15, 0.2) is 0 Å². The van der Waals surface area contributed by atoms with E-state index in [2.05, 4.69) is 62.3 Å². The molecule has 2 amide bonds. The molecule has 4 aliphatic carbocycles. The SMILES string of the molecule is CCOC(=O)[C@@H](CCCCNC(=O)OC[C@@H]1[C@]2(C)CC/C=C\CC[C@]12C)NC(=O)OC[C@@H]1[C@]2(C)CCC#CCC[C@]12C. The van der Waals surface area contributed by atoms with Gasteiger partial charge in [0.25, 0.3) is 0 Å². The molecule has 0 aromatic carbocycles. The maximum atomic E-state index is 12.7. The Hall–Kier alpha value is -2.69. The highest BCUT2D eigenvalue weighted by atomic mass is 16.6. The van der Waals surface area contributed by atoms with Crippen molar-refractivity contribution in [2.24, 2.45) is 33.5 Å². The van der Waals surface area contributed by atoms with Gasteiger partial charge in [-0.25, -0.2) is 14.4 Å². The van der Waals surface area contributed by atoms with E-state index >= 15 is 0 Å². The lowest BCUT2D eigenvalue weighted by atomic mass is 9.86. The molecule has 0 unspecified atom stereocenters. The Morgan fingerprint density at radius 2 is 1.31 bits per heavy atom. The fourth-order valence-electron chi connectivity index (χ4n) is 8.26. The van der Waals surface area contributed by atoms with E-state index in [-0.39, 0.29) is 34.2 Å². The number of allylic oxidation sites excluding steroid dienone is 2. The largest absolute Gasteiger partial charge is 0.464 e. The summed E-state index contributed by atoms with van der Waals surface area (Å²) < 4.78 is 16.4. The third kappa shape index (κ3) is 6.60. The zero-order valence-corrected chi connectivity index (χ0v) is 26.4. The predicted octanol–water partition coefficient (Wildman–Crippen LogP) is 6.53. The topological polar surface area (TPSA) is 103 Å². The van der Waals surface area contributed by atoms with E-state index in [1.54, 1.807) is 6.92 Å².